The molecule has 0 radical (unpaired) electrons. The summed E-state index contributed by atoms with van der Waals surface area (Å²) >= 11 is 3.44. The van der Waals surface area contributed by atoms with Gasteiger partial charge in [0.1, 0.15) is 0 Å². The van der Waals surface area contributed by atoms with Crippen LogP contribution in [0.1, 0.15) is 0 Å². The SMILES string of the molecule is Brc1ccc2ncc(-c3ccncc3)nc2c1. The van der Waals surface area contributed by atoms with Gasteiger partial charge < -0.3 is 0 Å². The summed E-state index contributed by atoms with van der Waals surface area (Å²) in [7, 11) is 0. The first-order chi connectivity index (χ1) is 8.33. The monoisotopic (exact) mass is 285 g/mol. The largest absolute Gasteiger partial charge is 0.265 e. The Hall–Kier alpha value is -1.81. The number of pyridine rings is 1. The minimum Gasteiger partial charge on any atom is -0.265 e. The maximum atomic E-state index is 4.59. The molecule has 0 aliphatic carbocycles. The van der Waals surface area contributed by atoms with E-state index in [-0.39, 0.29) is 0 Å². The highest BCUT2D eigenvalue weighted by Crippen LogP contribution is 2.20. The molecule has 0 bridgehead atoms. The molecule has 0 unspecified atom stereocenters. The molecule has 82 valence electrons. The van der Waals surface area contributed by atoms with Crippen LogP contribution in [0, 0.1) is 0 Å². The second-order valence-corrected chi connectivity index (χ2v) is 4.54. The van der Waals surface area contributed by atoms with Gasteiger partial charge in [0.2, 0.25) is 0 Å². The van der Waals surface area contributed by atoms with Gasteiger partial charge in [0.05, 0.1) is 22.9 Å². The molecule has 0 N–H and O–H groups in total. The molecule has 3 aromatic rings. The van der Waals surface area contributed by atoms with E-state index in [0.29, 0.717) is 0 Å². The number of halogens is 1. The third-order valence-electron chi connectivity index (χ3n) is 2.48. The van der Waals surface area contributed by atoms with Gasteiger partial charge in [-0.1, -0.05) is 15.9 Å². The van der Waals surface area contributed by atoms with Crippen molar-refractivity contribution in [3.63, 3.8) is 0 Å². The van der Waals surface area contributed by atoms with Crippen molar-refractivity contribution in [2.45, 2.75) is 0 Å². The lowest BCUT2D eigenvalue weighted by Crippen LogP contribution is -1.88. The lowest BCUT2D eigenvalue weighted by molar-refractivity contribution is 1.27. The fraction of sp³-hybridized carbons (Fsp3) is 0. The number of fused-ring (bicyclic) bond motifs is 1. The van der Waals surface area contributed by atoms with Gasteiger partial charge in [0.25, 0.3) is 0 Å². The molecule has 2 aromatic heterocycles. The Kier molecular flexibility index (Phi) is 2.57. The number of rotatable bonds is 1. The molecule has 0 atom stereocenters. The van der Waals surface area contributed by atoms with E-state index < -0.39 is 0 Å². The Morgan fingerprint density at radius 3 is 2.59 bits per heavy atom. The molecule has 2 heterocycles. The lowest BCUT2D eigenvalue weighted by atomic mass is 10.2. The zero-order valence-electron chi connectivity index (χ0n) is 8.84. The standard InChI is InChI=1S/C13H8BrN3/c14-10-1-2-11-12(7-10)17-13(8-16-11)9-3-5-15-6-4-9/h1-8H. The van der Waals surface area contributed by atoms with Crippen molar-refractivity contribution in [1.29, 1.82) is 0 Å². The second kappa shape index (κ2) is 4.22. The van der Waals surface area contributed by atoms with Gasteiger partial charge in [-0.15, -0.1) is 0 Å². The normalized spacial score (nSPS) is 10.6. The molecule has 0 saturated heterocycles. The van der Waals surface area contributed by atoms with Gasteiger partial charge in [0.15, 0.2) is 0 Å². The maximum absolute atomic E-state index is 4.59. The predicted molar refractivity (Wildman–Crippen MR) is 70.5 cm³/mol. The number of nitrogens with zero attached hydrogens (tertiary/aromatic N) is 3. The molecule has 0 saturated carbocycles. The van der Waals surface area contributed by atoms with Gasteiger partial charge in [-0.05, 0) is 30.3 Å². The van der Waals surface area contributed by atoms with Gasteiger partial charge in [-0.3, -0.25) is 9.97 Å². The topological polar surface area (TPSA) is 38.7 Å². The van der Waals surface area contributed by atoms with Crippen LogP contribution in [0.5, 0.6) is 0 Å². The van der Waals surface area contributed by atoms with Crippen LogP contribution in [-0.2, 0) is 0 Å². The summed E-state index contributed by atoms with van der Waals surface area (Å²) in [6.07, 6.45) is 5.29. The van der Waals surface area contributed by atoms with E-state index in [4.69, 9.17) is 0 Å². The van der Waals surface area contributed by atoms with Gasteiger partial charge in [0, 0.05) is 22.4 Å². The maximum Gasteiger partial charge on any atom is 0.0905 e. The van der Waals surface area contributed by atoms with Crippen molar-refractivity contribution in [2.24, 2.45) is 0 Å². The van der Waals surface area contributed by atoms with E-state index in [1.54, 1.807) is 18.6 Å². The van der Waals surface area contributed by atoms with Crippen LogP contribution in [-0.4, -0.2) is 15.0 Å². The smallest absolute Gasteiger partial charge is 0.0905 e. The number of aromatic nitrogens is 3. The Morgan fingerprint density at radius 2 is 1.76 bits per heavy atom. The van der Waals surface area contributed by atoms with Crippen molar-refractivity contribution >= 4 is 27.0 Å². The van der Waals surface area contributed by atoms with Crippen molar-refractivity contribution in [1.82, 2.24) is 15.0 Å². The van der Waals surface area contributed by atoms with Crippen LogP contribution in [0.2, 0.25) is 0 Å². The number of hydrogen-bond acceptors (Lipinski definition) is 3. The van der Waals surface area contributed by atoms with Gasteiger partial charge in [-0.2, -0.15) is 0 Å². The van der Waals surface area contributed by atoms with Crippen LogP contribution in [0.25, 0.3) is 22.3 Å². The summed E-state index contributed by atoms with van der Waals surface area (Å²) in [5, 5.41) is 0. The molecule has 0 fully saturated rings. The molecular formula is C13H8BrN3. The molecular weight excluding hydrogens is 278 g/mol. The Balaban J connectivity index is 2.19. The highest BCUT2D eigenvalue weighted by molar-refractivity contribution is 9.10. The average Bonchev–Trinajstić information content (AvgIpc) is 2.39. The molecule has 3 rings (SSSR count). The van der Waals surface area contributed by atoms with Crippen LogP contribution >= 0.6 is 15.9 Å². The zero-order chi connectivity index (χ0) is 11.7. The molecule has 0 amide bonds. The van der Waals surface area contributed by atoms with E-state index in [0.717, 1.165) is 26.8 Å². The van der Waals surface area contributed by atoms with E-state index in [1.807, 2.05) is 30.3 Å². The van der Waals surface area contributed by atoms with E-state index in [9.17, 15) is 0 Å². The molecule has 4 heteroatoms. The fourth-order valence-corrected chi connectivity index (χ4v) is 2.00. The van der Waals surface area contributed by atoms with E-state index in [1.165, 1.54) is 0 Å². The Bertz CT molecular complexity index is 668. The third kappa shape index (κ3) is 2.03. The van der Waals surface area contributed by atoms with E-state index >= 15 is 0 Å². The second-order valence-electron chi connectivity index (χ2n) is 3.62. The number of hydrogen-bond donors (Lipinski definition) is 0. The van der Waals surface area contributed by atoms with Crippen molar-refractivity contribution in [3.05, 3.63) is 53.4 Å². The summed E-state index contributed by atoms with van der Waals surface area (Å²) in [6, 6.07) is 9.72. The van der Waals surface area contributed by atoms with Crippen molar-refractivity contribution < 1.29 is 0 Å². The highest BCUT2D eigenvalue weighted by Gasteiger charge is 2.02. The van der Waals surface area contributed by atoms with Crippen LogP contribution in [0.4, 0.5) is 0 Å². The molecule has 1 aromatic carbocycles. The first kappa shape index (κ1) is 10.4. The highest BCUT2D eigenvalue weighted by atomic mass is 79.9. The Morgan fingerprint density at radius 1 is 0.941 bits per heavy atom. The lowest BCUT2D eigenvalue weighted by Gasteiger charge is -2.02. The summed E-state index contributed by atoms with van der Waals surface area (Å²) < 4.78 is 1.01. The molecule has 0 spiro atoms. The van der Waals surface area contributed by atoms with Crippen LogP contribution in [0.3, 0.4) is 0 Å². The summed E-state index contributed by atoms with van der Waals surface area (Å²) in [5.74, 6) is 0. The summed E-state index contributed by atoms with van der Waals surface area (Å²) in [4.78, 5) is 13.0. The van der Waals surface area contributed by atoms with Crippen LogP contribution in [0.15, 0.2) is 53.4 Å². The first-order valence-electron chi connectivity index (χ1n) is 5.16. The van der Waals surface area contributed by atoms with Gasteiger partial charge >= 0.3 is 0 Å². The summed E-state index contributed by atoms with van der Waals surface area (Å²) in [6.45, 7) is 0. The van der Waals surface area contributed by atoms with Crippen molar-refractivity contribution in [3.8, 4) is 11.3 Å². The first-order valence-corrected chi connectivity index (χ1v) is 5.95. The van der Waals surface area contributed by atoms with Gasteiger partial charge in [-0.25, -0.2) is 4.98 Å². The molecule has 0 aliphatic rings. The minimum absolute atomic E-state index is 0.859. The zero-order valence-corrected chi connectivity index (χ0v) is 10.4. The summed E-state index contributed by atoms with van der Waals surface area (Å²) in [5.41, 5.74) is 3.66. The molecule has 17 heavy (non-hydrogen) atoms. The fourth-order valence-electron chi connectivity index (χ4n) is 1.65. The van der Waals surface area contributed by atoms with Crippen LogP contribution < -0.4 is 0 Å². The number of benzene rings is 1. The van der Waals surface area contributed by atoms with Crippen molar-refractivity contribution in [2.75, 3.05) is 0 Å². The molecule has 3 nitrogen and oxygen atoms in total. The quantitative estimate of drug-likeness (QED) is 0.687. The average molecular weight is 286 g/mol. The predicted octanol–water partition coefficient (Wildman–Crippen LogP) is 3.45. The molecule has 0 aliphatic heterocycles. The Labute approximate surface area is 107 Å². The van der Waals surface area contributed by atoms with E-state index in [2.05, 4.69) is 30.9 Å². The third-order valence-corrected chi connectivity index (χ3v) is 2.97. The minimum atomic E-state index is 0.859.